The number of carbonyl (C=O) groups is 3. The Hall–Kier alpha value is -1.63. The Bertz CT molecular complexity index is 447. The van der Waals surface area contributed by atoms with Crippen molar-refractivity contribution in [3.63, 3.8) is 0 Å². The van der Waals surface area contributed by atoms with Crippen molar-refractivity contribution >= 4 is 17.7 Å². The summed E-state index contributed by atoms with van der Waals surface area (Å²) in [6.07, 6.45) is 5.12. The van der Waals surface area contributed by atoms with Crippen molar-refractivity contribution in [2.45, 2.75) is 51.5 Å². The summed E-state index contributed by atoms with van der Waals surface area (Å²) in [6, 6.07) is 0.146. The molecule has 136 valence electrons. The van der Waals surface area contributed by atoms with Crippen molar-refractivity contribution in [1.29, 1.82) is 0 Å². The third-order valence-corrected chi connectivity index (χ3v) is 4.65. The minimum atomic E-state index is -0.0654. The van der Waals surface area contributed by atoms with Crippen molar-refractivity contribution in [2.24, 2.45) is 0 Å². The van der Waals surface area contributed by atoms with Crippen LogP contribution in [0, 0.1) is 0 Å². The zero-order chi connectivity index (χ0) is 17.4. The summed E-state index contributed by atoms with van der Waals surface area (Å²) >= 11 is 0. The summed E-state index contributed by atoms with van der Waals surface area (Å²) in [5.41, 5.74) is 0. The van der Waals surface area contributed by atoms with Crippen molar-refractivity contribution in [3.8, 4) is 0 Å². The topological polar surface area (TPSA) is 81.8 Å². The maximum Gasteiger partial charge on any atom is 0.239 e. The number of rotatable bonds is 7. The zero-order valence-corrected chi connectivity index (χ0v) is 14.7. The Morgan fingerprint density at radius 3 is 2.50 bits per heavy atom. The third-order valence-electron chi connectivity index (χ3n) is 4.65. The minimum Gasteiger partial charge on any atom is -0.355 e. The van der Waals surface area contributed by atoms with Gasteiger partial charge < -0.3 is 15.5 Å². The summed E-state index contributed by atoms with van der Waals surface area (Å²) in [5.74, 6) is 0.0941. The summed E-state index contributed by atoms with van der Waals surface area (Å²) in [7, 11) is 0. The minimum absolute atomic E-state index is 0.0654. The highest BCUT2D eigenvalue weighted by atomic mass is 16.2. The molecule has 24 heavy (non-hydrogen) atoms. The molecule has 3 amide bonds. The normalized spacial score (nSPS) is 20.0. The number of piperidine rings is 2. The number of amides is 3. The van der Waals surface area contributed by atoms with E-state index in [1.807, 2.05) is 6.92 Å². The molecule has 0 unspecified atom stereocenters. The molecule has 2 N–H and O–H groups in total. The first kappa shape index (κ1) is 18.7. The van der Waals surface area contributed by atoms with Crippen molar-refractivity contribution in [1.82, 2.24) is 20.4 Å². The van der Waals surface area contributed by atoms with Gasteiger partial charge in [-0.3, -0.25) is 19.3 Å². The van der Waals surface area contributed by atoms with E-state index in [2.05, 4.69) is 15.5 Å². The molecule has 0 radical (unpaired) electrons. The SMILES string of the molecule is CCCNC(=O)CN1CCC(NC(=O)CN2CCCCC2=O)CC1. The smallest absolute Gasteiger partial charge is 0.239 e. The van der Waals surface area contributed by atoms with Crippen LogP contribution in [0.25, 0.3) is 0 Å². The van der Waals surface area contributed by atoms with Crippen molar-refractivity contribution in [3.05, 3.63) is 0 Å². The number of nitrogens with one attached hydrogen (secondary N) is 2. The highest BCUT2D eigenvalue weighted by Gasteiger charge is 2.24. The number of nitrogens with zero attached hydrogens (tertiary/aromatic N) is 2. The van der Waals surface area contributed by atoms with Crippen LogP contribution in [-0.4, -0.2) is 72.8 Å². The van der Waals surface area contributed by atoms with Gasteiger partial charge in [-0.05, 0) is 32.1 Å². The van der Waals surface area contributed by atoms with Crippen LogP contribution in [-0.2, 0) is 14.4 Å². The second kappa shape index (κ2) is 9.61. The molecule has 2 fully saturated rings. The molecule has 0 aromatic rings. The molecule has 2 aliphatic rings. The fourth-order valence-corrected chi connectivity index (χ4v) is 3.23. The lowest BCUT2D eigenvalue weighted by atomic mass is 10.0. The molecule has 0 spiro atoms. The second-order valence-electron chi connectivity index (χ2n) is 6.74. The number of hydrogen-bond donors (Lipinski definition) is 2. The van der Waals surface area contributed by atoms with Crippen molar-refractivity contribution in [2.75, 3.05) is 39.3 Å². The van der Waals surface area contributed by atoms with Gasteiger partial charge in [0.25, 0.3) is 0 Å². The molecule has 7 nitrogen and oxygen atoms in total. The Balaban J connectivity index is 1.64. The van der Waals surface area contributed by atoms with E-state index in [-0.39, 0.29) is 30.3 Å². The van der Waals surface area contributed by atoms with Gasteiger partial charge in [-0.25, -0.2) is 0 Å². The second-order valence-corrected chi connectivity index (χ2v) is 6.74. The molecule has 2 saturated heterocycles. The van der Waals surface area contributed by atoms with E-state index in [4.69, 9.17) is 0 Å². The Labute approximate surface area is 144 Å². The predicted molar refractivity (Wildman–Crippen MR) is 91.3 cm³/mol. The molecule has 0 bridgehead atoms. The quantitative estimate of drug-likeness (QED) is 0.690. The standard InChI is InChI=1S/C17H30N4O3/c1-2-8-18-15(22)12-20-10-6-14(7-11-20)19-16(23)13-21-9-4-3-5-17(21)24/h14H,2-13H2,1H3,(H,18,22)(H,19,23). The molecule has 2 aliphatic heterocycles. The molecule has 2 rings (SSSR count). The van der Waals surface area contributed by atoms with Crippen LogP contribution in [0.2, 0.25) is 0 Å². The Morgan fingerprint density at radius 2 is 1.83 bits per heavy atom. The summed E-state index contributed by atoms with van der Waals surface area (Å²) in [6.45, 7) is 5.69. The lowest BCUT2D eigenvalue weighted by Gasteiger charge is -2.32. The molecule has 7 heteroatoms. The maximum atomic E-state index is 12.1. The molecule has 0 saturated carbocycles. The van der Waals surface area contributed by atoms with Crippen LogP contribution in [0.5, 0.6) is 0 Å². The molecular formula is C17H30N4O3. The molecule has 2 heterocycles. The van der Waals surface area contributed by atoms with Crippen LogP contribution in [0.4, 0.5) is 0 Å². The third kappa shape index (κ3) is 6.11. The first-order chi connectivity index (χ1) is 11.6. The Morgan fingerprint density at radius 1 is 1.08 bits per heavy atom. The summed E-state index contributed by atoms with van der Waals surface area (Å²) in [5, 5.41) is 5.92. The van der Waals surface area contributed by atoms with Crippen LogP contribution >= 0.6 is 0 Å². The van der Waals surface area contributed by atoms with Gasteiger partial charge in [0.1, 0.15) is 0 Å². The Kier molecular flexibility index (Phi) is 7.49. The monoisotopic (exact) mass is 338 g/mol. The maximum absolute atomic E-state index is 12.1. The number of carbonyl (C=O) groups excluding carboxylic acids is 3. The van der Waals surface area contributed by atoms with Gasteiger partial charge in [-0.15, -0.1) is 0 Å². The highest BCUT2D eigenvalue weighted by Crippen LogP contribution is 2.12. The van der Waals surface area contributed by atoms with Crippen LogP contribution in [0.3, 0.4) is 0 Å². The van der Waals surface area contributed by atoms with Crippen LogP contribution < -0.4 is 10.6 Å². The summed E-state index contributed by atoms with van der Waals surface area (Å²) in [4.78, 5) is 39.4. The number of likely N-dealkylation sites (tertiary alicyclic amines) is 2. The summed E-state index contributed by atoms with van der Waals surface area (Å²) < 4.78 is 0. The molecular weight excluding hydrogens is 308 g/mol. The first-order valence-corrected chi connectivity index (χ1v) is 9.14. The van der Waals surface area contributed by atoms with Gasteiger partial charge in [0, 0.05) is 38.6 Å². The molecule has 0 atom stereocenters. The van der Waals surface area contributed by atoms with E-state index < -0.39 is 0 Å². The lowest BCUT2D eigenvalue weighted by molar-refractivity contribution is -0.138. The number of hydrogen-bond acceptors (Lipinski definition) is 4. The van der Waals surface area contributed by atoms with Crippen molar-refractivity contribution < 1.29 is 14.4 Å². The van der Waals surface area contributed by atoms with E-state index in [1.165, 1.54) is 0 Å². The van der Waals surface area contributed by atoms with E-state index in [0.717, 1.165) is 51.7 Å². The lowest BCUT2D eigenvalue weighted by Crippen LogP contribution is -2.50. The average Bonchev–Trinajstić information content (AvgIpc) is 2.57. The van der Waals surface area contributed by atoms with E-state index in [1.54, 1.807) is 4.90 Å². The van der Waals surface area contributed by atoms with Gasteiger partial charge in [0.15, 0.2) is 0 Å². The largest absolute Gasteiger partial charge is 0.355 e. The van der Waals surface area contributed by atoms with Gasteiger partial charge in [0.05, 0.1) is 13.1 Å². The van der Waals surface area contributed by atoms with Gasteiger partial charge in [-0.1, -0.05) is 6.92 Å². The van der Waals surface area contributed by atoms with E-state index in [0.29, 0.717) is 19.5 Å². The molecule has 0 aromatic heterocycles. The van der Waals surface area contributed by atoms with Crippen LogP contribution in [0.15, 0.2) is 0 Å². The average molecular weight is 338 g/mol. The highest BCUT2D eigenvalue weighted by molar-refractivity contribution is 5.85. The predicted octanol–water partition coefficient (Wildman–Crippen LogP) is 0.106. The van der Waals surface area contributed by atoms with Gasteiger partial charge in [0.2, 0.25) is 17.7 Å². The van der Waals surface area contributed by atoms with Gasteiger partial charge >= 0.3 is 0 Å². The fraction of sp³-hybridized carbons (Fsp3) is 0.824. The molecule has 0 aromatic carbocycles. The first-order valence-electron chi connectivity index (χ1n) is 9.14. The molecule has 0 aliphatic carbocycles. The van der Waals surface area contributed by atoms with Crippen LogP contribution in [0.1, 0.15) is 45.4 Å². The van der Waals surface area contributed by atoms with E-state index in [9.17, 15) is 14.4 Å². The van der Waals surface area contributed by atoms with E-state index >= 15 is 0 Å². The zero-order valence-electron chi connectivity index (χ0n) is 14.7. The fourth-order valence-electron chi connectivity index (χ4n) is 3.23. The van der Waals surface area contributed by atoms with Gasteiger partial charge in [-0.2, -0.15) is 0 Å².